The molecule has 7 nitrogen and oxygen atoms in total. The van der Waals surface area contributed by atoms with E-state index in [1.807, 2.05) is 11.5 Å². The number of nitrogens with zero attached hydrogens (tertiary/aromatic N) is 3. The number of carbonyl (C=O) groups is 1. The van der Waals surface area contributed by atoms with Crippen LogP contribution >= 0.6 is 0 Å². The Bertz CT molecular complexity index is 1230. The summed E-state index contributed by atoms with van der Waals surface area (Å²) in [4.78, 5) is 23.0. The molecule has 0 bridgehead atoms. The number of amides is 1. The van der Waals surface area contributed by atoms with Crippen molar-refractivity contribution in [3.05, 3.63) is 92.3 Å². The molecule has 1 heterocycles. The summed E-state index contributed by atoms with van der Waals surface area (Å²) in [6.45, 7) is 5.26. The molecule has 32 heavy (non-hydrogen) atoms. The van der Waals surface area contributed by atoms with Gasteiger partial charge in [-0.1, -0.05) is 12.1 Å². The van der Waals surface area contributed by atoms with Crippen molar-refractivity contribution in [3.8, 4) is 5.69 Å². The third kappa shape index (κ3) is 4.69. The van der Waals surface area contributed by atoms with E-state index in [4.69, 9.17) is 0 Å². The van der Waals surface area contributed by atoms with Crippen LogP contribution in [-0.4, -0.2) is 21.6 Å². The van der Waals surface area contributed by atoms with Crippen LogP contribution in [0.25, 0.3) is 5.69 Å². The van der Waals surface area contributed by atoms with Crippen molar-refractivity contribution in [1.29, 1.82) is 0 Å². The molecule has 10 heteroatoms. The van der Waals surface area contributed by atoms with Gasteiger partial charge >= 0.3 is 6.18 Å². The smallest absolute Gasteiger partial charge is 0.318 e. The van der Waals surface area contributed by atoms with Gasteiger partial charge in [-0.05, 0) is 51.1 Å². The fraction of sp³-hybridized carbons (Fsp3) is 0.182. The van der Waals surface area contributed by atoms with Crippen molar-refractivity contribution in [2.24, 2.45) is 5.10 Å². The Hall–Kier alpha value is -3.95. The number of benzene rings is 2. The quantitative estimate of drug-likeness (QED) is 0.338. The Morgan fingerprint density at radius 3 is 2.50 bits per heavy atom. The van der Waals surface area contributed by atoms with E-state index >= 15 is 0 Å². The second-order valence-corrected chi connectivity index (χ2v) is 7.17. The SMILES string of the molecule is Cc1ccc(-n2c(C)cc(/C=N\NC(=O)c3cccc(C(F)(F)F)c3)c2C)cc1[N+](=O)[O-]. The molecule has 3 aromatic rings. The summed E-state index contributed by atoms with van der Waals surface area (Å²) < 4.78 is 40.3. The number of alkyl halides is 3. The number of hydrazone groups is 1. The van der Waals surface area contributed by atoms with E-state index in [1.165, 1.54) is 18.3 Å². The van der Waals surface area contributed by atoms with E-state index in [9.17, 15) is 28.1 Å². The summed E-state index contributed by atoms with van der Waals surface area (Å²) in [5, 5.41) is 15.1. The molecule has 1 aromatic heterocycles. The van der Waals surface area contributed by atoms with Gasteiger partial charge in [-0.2, -0.15) is 18.3 Å². The maximum absolute atomic E-state index is 12.8. The Kier molecular flexibility index (Phi) is 6.15. The summed E-state index contributed by atoms with van der Waals surface area (Å²) in [6, 6.07) is 10.7. The van der Waals surface area contributed by atoms with Crippen LogP contribution in [0.2, 0.25) is 0 Å². The highest BCUT2D eigenvalue weighted by molar-refractivity contribution is 5.95. The average Bonchev–Trinajstić information content (AvgIpc) is 3.01. The van der Waals surface area contributed by atoms with Crippen LogP contribution in [0.4, 0.5) is 18.9 Å². The van der Waals surface area contributed by atoms with Gasteiger partial charge in [0.15, 0.2) is 0 Å². The molecule has 0 spiro atoms. The molecule has 0 aliphatic rings. The normalized spacial score (nSPS) is 11.7. The highest BCUT2D eigenvalue weighted by atomic mass is 19.4. The third-order valence-electron chi connectivity index (χ3n) is 4.94. The van der Waals surface area contributed by atoms with Crippen molar-refractivity contribution < 1.29 is 22.9 Å². The van der Waals surface area contributed by atoms with E-state index in [0.717, 1.165) is 29.6 Å². The van der Waals surface area contributed by atoms with Crippen LogP contribution in [0.1, 0.15) is 38.4 Å². The van der Waals surface area contributed by atoms with E-state index in [-0.39, 0.29) is 11.3 Å². The lowest BCUT2D eigenvalue weighted by Gasteiger charge is -2.10. The number of hydrogen-bond donors (Lipinski definition) is 1. The molecule has 166 valence electrons. The second kappa shape index (κ2) is 8.66. The van der Waals surface area contributed by atoms with Gasteiger partial charge in [-0.25, -0.2) is 5.43 Å². The molecule has 0 aliphatic carbocycles. The summed E-state index contributed by atoms with van der Waals surface area (Å²) in [6.07, 6.45) is -3.19. The van der Waals surface area contributed by atoms with Crippen LogP contribution in [-0.2, 0) is 6.18 Å². The number of halogens is 3. The molecule has 0 saturated carbocycles. The Labute approximate surface area is 181 Å². The number of carbonyl (C=O) groups excluding carboxylic acids is 1. The molecule has 3 rings (SSSR count). The standard InChI is InChI=1S/C22H19F3N4O3/c1-13-7-8-19(11-20(13)29(31)32)28-14(2)9-17(15(28)3)12-26-27-21(30)16-5-4-6-18(10-16)22(23,24)25/h4-12H,1-3H3,(H,27,30)/b26-12-. The minimum absolute atomic E-state index is 0.00133. The summed E-state index contributed by atoms with van der Waals surface area (Å²) >= 11 is 0. The van der Waals surface area contributed by atoms with Crippen molar-refractivity contribution in [2.45, 2.75) is 26.9 Å². The van der Waals surface area contributed by atoms with Gasteiger partial charge in [-0.15, -0.1) is 0 Å². The molecule has 0 radical (unpaired) electrons. The second-order valence-electron chi connectivity index (χ2n) is 7.17. The van der Waals surface area contributed by atoms with Gasteiger partial charge in [0.2, 0.25) is 0 Å². The van der Waals surface area contributed by atoms with Gasteiger partial charge in [0.1, 0.15) is 0 Å². The topological polar surface area (TPSA) is 89.5 Å². The Morgan fingerprint density at radius 2 is 1.84 bits per heavy atom. The van der Waals surface area contributed by atoms with Gasteiger partial charge in [-0.3, -0.25) is 14.9 Å². The first-order valence-electron chi connectivity index (χ1n) is 9.44. The lowest BCUT2D eigenvalue weighted by molar-refractivity contribution is -0.385. The summed E-state index contributed by atoms with van der Waals surface area (Å²) in [7, 11) is 0. The summed E-state index contributed by atoms with van der Waals surface area (Å²) in [5.41, 5.74) is 4.40. The molecular weight excluding hydrogens is 425 g/mol. The molecule has 0 fully saturated rings. The van der Waals surface area contributed by atoms with Gasteiger partial charge in [0, 0.05) is 34.1 Å². The Balaban J connectivity index is 1.82. The van der Waals surface area contributed by atoms with Crippen LogP contribution in [0.3, 0.4) is 0 Å². The predicted octanol–water partition coefficient (Wildman–Crippen LogP) is 5.09. The zero-order valence-corrected chi connectivity index (χ0v) is 17.4. The zero-order chi connectivity index (χ0) is 23.6. The number of aromatic nitrogens is 1. The van der Waals surface area contributed by atoms with Crippen LogP contribution in [0.5, 0.6) is 0 Å². The largest absolute Gasteiger partial charge is 0.416 e. The van der Waals surface area contributed by atoms with Gasteiger partial charge in [0.25, 0.3) is 11.6 Å². The first-order chi connectivity index (χ1) is 15.0. The first kappa shape index (κ1) is 22.7. The van der Waals surface area contributed by atoms with Crippen LogP contribution in [0, 0.1) is 30.9 Å². The number of aryl methyl sites for hydroxylation is 2. The molecular formula is C22H19F3N4O3. The molecule has 1 N–H and O–H groups in total. The van der Waals surface area contributed by atoms with Crippen LogP contribution < -0.4 is 5.43 Å². The van der Waals surface area contributed by atoms with Gasteiger partial charge < -0.3 is 4.57 Å². The van der Waals surface area contributed by atoms with Crippen LogP contribution in [0.15, 0.2) is 53.6 Å². The molecule has 0 atom stereocenters. The lowest BCUT2D eigenvalue weighted by atomic mass is 10.1. The van der Waals surface area contributed by atoms with Gasteiger partial charge in [0.05, 0.1) is 22.4 Å². The van der Waals surface area contributed by atoms with E-state index in [2.05, 4.69) is 10.5 Å². The fourth-order valence-corrected chi connectivity index (χ4v) is 3.31. The predicted molar refractivity (Wildman–Crippen MR) is 113 cm³/mol. The minimum atomic E-state index is -4.55. The Morgan fingerprint density at radius 1 is 1.12 bits per heavy atom. The molecule has 0 saturated heterocycles. The number of hydrogen-bond acceptors (Lipinski definition) is 4. The highest BCUT2D eigenvalue weighted by Crippen LogP contribution is 2.29. The van der Waals surface area contributed by atoms with Crippen molar-refractivity contribution in [3.63, 3.8) is 0 Å². The van der Waals surface area contributed by atoms with E-state index in [0.29, 0.717) is 16.8 Å². The monoisotopic (exact) mass is 444 g/mol. The third-order valence-corrected chi connectivity index (χ3v) is 4.94. The maximum atomic E-state index is 12.8. The fourth-order valence-electron chi connectivity index (χ4n) is 3.31. The highest BCUT2D eigenvalue weighted by Gasteiger charge is 2.30. The number of nitro groups is 1. The number of nitrogens with one attached hydrogen (secondary N) is 1. The number of rotatable bonds is 5. The van der Waals surface area contributed by atoms with Crippen molar-refractivity contribution >= 4 is 17.8 Å². The first-order valence-corrected chi connectivity index (χ1v) is 9.44. The lowest BCUT2D eigenvalue weighted by Crippen LogP contribution is -2.18. The van der Waals surface area contributed by atoms with Crippen molar-refractivity contribution in [1.82, 2.24) is 9.99 Å². The molecule has 0 aliphatic heterocycles. The maximum Gasteiger partial charge on any atom is 0.416 e. The van der Waals surface area contributed by atoms with Crippen molar-refractivity contribution in [2.75, 3.05) is 0 Å². The average molecular weight is 444 g/mol. The minimum Gasteiger partial charge on any atom is -0.318 e. The molecule has 2 aromatic carbocycles. The number of nitro benzene ring substituents is 1. The molecule has 1 amide bonds. The zero-order valence-electron chi connectivity index (χ0n) is 17.4. The van der Waals surface area contributed by atoms with E-state index in [1.54, 1.807) is 32.0 Å². The van der Waals surface area contributed by atoms with E-state index < -0.39 is 22.6 Å². The summed E-state index contributed by atoms with van der Waals surface area (Å²) in [5.74, 6) is -0.782. The molecule has 0 unspecified atom stereocenters.